The summed E-state index contributed by atoms with van der Waals surface area (Å²) in [6.07, 6.45) is 0.811. The zero-order valence-corrected chi connectivity index (χ0v) is 12.5. The molecule has 0 unspecified atom stereocenters. The van der Waals surface area contributed by atoms with Gasteiger partial charge in [0.1, 0.15) is 5.75 Å². The van der Waals surface area contributed by atoms with Crippen LogP contribution in [-0.2, 0) is 9.53 Å². The van der Waals surface area contributed by atoms with Crippen LogP contribution in [0, 0.1) is 3.57 Å². The van der Waals surface area contributed by atoms with Crippen LogP contribution in [0.25, 0.3) is 0 Å². The summed E-state index contributed by atoms with van der Waals surface area (Å²) in [4.78, 5) is 11.7. The summed E-state index contributed by atoms with van der Waals surface area (Å²) >= 11 is 2.22. The van der Waals surface area contributed by atoms with Crippen LogP contribution in [0.3, 0.4) is 0 Å². The van der Waals surface area contributed by atoms with Crippen LogP contribution in [0.5, 0.6) is 5.75 Å². The van der Waals surface area contributed by atoms with Gasteiger partial charge in [0.25, 0.3) is 0 Å². The Bertz CT molecular complexity index is 371. The maximum absolute atomic E-state index is 11.7. The quantitative estimate of drug-likeness (QED) is 0.604. The smallest absolute Gasteiger partial charge is 0.349 e. The molecule has 94 valence electrons. The van der Waals surface area contributed by atoms with Gasteiger partial charge in [-0.05, 0) is 67.1 Å². The minimum atomic E-state index is -0.956. The van der Waals surface area contributed by atoms with Crippen LogP contribution >= 0.6 is 22.6 Å². The molecule has 0 fully saturated rings. The van der Waals surface area contributed by atoms with E-state index in [1.165, 1.54) is 0 Å². The van der Waals surface area contributed by atoms with Gasteiger partial charge in [-0.1, -0.05) is 6.92 Å². The Kier molecular flexibility index (Phi) is 5.24. The second-order valence-electron chi connectivity index (χ2n) is 4.20. The van der Waals surface area contributed by atoms with Gasteiger partial charge in [0, 0.05) is 3.57 Å². The van der Waals surface area contributed by atoms with Gasteiger partial charge >= 0.3 is 5.97 Å². The number of hydrogen-bond donors (Lipinski definition) is 0. The van der Waals surface area contributed by atoms with Crippen molar-refractivity contribution in [3.8, 4) is 5.75 Å². The molecule has 0 radical (unpaired) electrons. The molecule has 0 amide bonds. The lowest BCUT2D eigenvalue weighted by molar-refractivity contribution is -0.159. The molecular weight excluding hydrogens is 331 g/mol. The van der Waals surface area contributed by atoms with Crippen LogP contribution in [-0.4, -0.2) is 18.2 Å². The molecule has 0 aliphatic heterocycles. The Morgan fingerprint density at radius 2 is 1.88 bits per heavy atom. The number of carbonyl (C=O) groups excluding carboxylic acids is 1. The first-order chi connectivity index (χ1) is 7.95. The minimum Gasteiger partial charge on any atom is -0.476 e. The number of benzene rings is 1. The van der Waals surface area contributed by atoms with Crippen molar-refractivity contribution < 1.29 is 14.3 Å². The maximum Gasteiger partial charge on any atom is 0.349 e. The van der Waals surface area contributed by atoms with E-state index in [1.54, 1.807) is 13.8 Å². The fraction of sp³-hybridized carbons (Fsp3) is 0.462. The van der Waals surface area contributed by atoms with Crippen molar-refractivity contribution >= 4 is 28.6 Å². The molecule has 0 heterocycles. The van der Waals surface area contributed by atoms with E-state index in [0.717, 1.165) is 9.99 Å². The van der Waals surface area contributed by atoms with Crippen LogP contribution in [0.4, 0.5) is 0 Å². The largest absolute Gasteiger partial charge is 0.476 e. The van der Waals surface area contributed by atoms with Crippen LogP contribution < -0.4 is 4.74 Å². The van der Waals surface area contributed by atoms with Gasteiger partial charge in [0.05, 0.1) is 6.61 Å². The Hall–Kier alpha value is -0.780. The highest BCUT2D eigenvalue weighted by atomic mass is 127. The van der Waals surface area contributed by atoms with Crippen LogP contribution in [0.1, 0.15) is 27.2 Å². The molecule has 0 spiro atoms. The number of ether oxygens (including phenoxy) is 2. The molecule has 1 aromatic carbocycles. The summed E-state index contributed by atoms with van der Waals surface area (Å²) in [5, 5.41) is 0. The minimum absolute atomic E-state index is 0.335. The van der Waals surface area contributed by atoms with E-state index in [-0.39, 0.29) is 5.97 Å². The van der Waals surface area contributed by atoms with Crippen molar-refractivity contribution in [3.05, 3.63) is 27.8 Å². The molecule has 0 atom stereocenters. The molecule has 0 aromatic heterocycles. The Morgan fingerprint density at radius 3 is 2.41 bits per heavy atom. The summed E-state index contributed by atoms with van der Waals surface area (Å²) in [6.45, 7) is 5.81. The topological polar surface area (TPSA) is 35.5 Å². The third kappa shape index (κ3) is 4.53. The van der Waals surface area contributed by atoms with Gasteiger partial charge in [0.2, 0.25) is 0 Å². The van der Waals surface area contributed by atoms with Crippen LogP contribution in [0.2, 0.25) is 0 Å². The van der Waals surface area contributed by atoms with E-state index in [0.29, 0.717) is 12.4 Å². The SMILES string of the molecule is CCCOC(=O)C(C)(C)Oc1ccc(I)cc1. The van der Waals surface area contributed by atoms with E-state index in [2.05, 4.69) is 22.6 Å². The van der Waals surface area contributed by atoms with E-state index >= 15 is 0 Å². The summed E-state index contributed by atoms with van der Waals surface area (Å²) in [7, 11) is 0. The van der Waals surface area contributed by atoms with Gasteiger partial charge in [-0.2, -0.15) is 0 Å². The number of halogens is 1. The van der Waals surface area contributed by atoms with Gasteiger partial charge in [0.15, 0.2) is 5.60 Å². The molecule has 0 aliphatic rings. The Balaban J connectivity index is 2.65. The second kappa shape index (κ2) is 6.23. The van der Waals surface area contributed by atoms with Crippen molar-refractivity contribution in [1.82, 2.24) is 0 Å². The number of hydrogen-bond acceptors (Lipinski definition) is 3. The molecule has 0 saturated carbocycles. The van der Waals surface area contributed by atoms with Gasteiger partial charge < -0.3 is 9.47 Å². The normalized spacial score (nSPS) is 11.1. The van der Waals surface area contributed by atoms with Gasteiger partial charge in [-0.15, -0.1) is 0 Å². The number of rotatable bonds is 5. The average Bonchev–Trinajstić information content (AvgIpc) is 2.28. The summed E-state index contributed by atoms with van der Waals surface area (Å²) in [5.74, 6) is 0.335. The monoisotopic (exact) mass is 348 g/mol. The predicted octanol–water partition coefficient (Wildman–Crippen LogP) is 3.40. The highest BCUT2D eigenvalue weighted by Gasteiger charge is 2.31. The zero-order chi connectivity index (χ0) is 12.9. The molecule has 3 nitrogen and oxygen atoms in total. The number of carbonyl (C=O) groups is 1. The predicted molar refractivity (Wildman–Crippen MR) is 75.1 cm³/mol. The van der Waals surface area contributed by atoms with Crippen molar-refractivity contribution in [2.75, 3.05) is 6.61 Å². The second-order valence-corrected chi connectivity index (χ2v) is 5.45. The molecule has 17 heavy (non-hydrogen) atoms. The standard InChI is InChI=1S/C13H17IO3/c1-4-9-16-12(15)13(2,3)17-11-7-5-10(14)6-8-11/h5-8H,4,9H2,1-3H3. The highest BCUT2D eigenvalue weighted by Crippen LogP contribution is 2.20. The fourth-order valence-electron chi connectivity index (χ4n) is 1.21. The van der Waals surface area contributed by atoms with E-state index in [9.17, 15) is 4.79 Å². The molecule has 1 rings (SSSR count). The Labute approximate surface area is 116 Å². The maximum atomic E-state index is 11.7. The third-order valence-electron chi connectivity index (χ3n) is 2.12. The molecule has 4 heteroatoms. The molecule has 0 aliphatic carbocycles. The first-order valence-electron chi connectivity index (χ1n) is 5.57. The molecule has 1 aromatic rings. The Morgan fingerprint density at radius 1 is 1.29 bits per heavy atom. The first-order valence-corrected chi connectivity index (χ1v) is 6.65. The van der Waals surface area contributed by atoms with Crippen molar-refractivity contribution in [2.45, 2.75) is 32.8 Å². The summed E-state index contributed by atoms with van der Waals surface area (Å²) in [5.41, 5.74) is -0.956. The van der Waals surface area contributed by atoms with E-state index in [1.807, 2.05) is 31.2 Å². The van der Waals surface area contributed by atoms with Crippen molar-refractivity contribution in [2.24, 2.45) is 0 Å². The first kappa shape index (κ1) is 14.3. The average molecular weight is 348 g/mol. The lowest BCUT2D eigenvalue weighted by atomic mass is 10.1. The molecule has 0 saturated heterocycles. The van der Waals surface area contributed by atoms with Crippen molar-refractivity contribution in [1.29, 1.82) is 0 Å². The van der Waals surface area contributed by atoms with Crippen molar-refractivity contribution in [3.63, 3.8) is 0 Å². The van der Waals surface area contributed by atoms with E-state index in [4.69, 9.17) is 9.47 Å². The molecule has 0 bridgehead atoms. The van der Waals surface area contributed by atoms with Crippen LogP contribution in [0.15, 0.2) is 24.3 Å². The molecule has 0 N–H and O–H groups in total. The lowest BCUT2D eigenvalue weighted by Crippen LogP contribution is -2.39. The highest BCUT2D eigenvalue weighted by molar-refractivity contribution is 14.1. The van der Waals surface area contributed by atoms with Gasteiger partial charge in [-0.3, -0.25) is 0 Å². The lowest BCUT2D eigenvalue weighted by Gasteiger charge is -2.24. The summed E-state index contributed by atoms with van der Waals surface area (Å²) in [6, 6.07) is 7.56. The van der Waals surface area contributed by atoms with Gasteiger partial charge in [-0.25, -0.2) is 4.79 Å². The number of esters is 1. The summed E-state index contributed by atoms with van der Waals surface area (Å²) < 4.78 is 11.9. The fourth-order valence-corrected chi connectivity index (χ4v) is 1.57. The molecular formula is C13H17IO3. The van der Waals surface area contributed by atoms with E-state index < -0.39 is 5.60 Å². The third-order valence-corrected chi connectivity index (χ3v) is 2.83. The zero-order valence-electron chi connectivity index (χ0n) is 10.3.